The highest BCUT2D eigenvalue weighted by atomic mass is 15.1. The van der Waals surface area contributed by atoms with Crippen molar-refractivity contribution in [3.05, 3.63) is 199 Å². The molecule has 8 aromatic rings. The molecule has 1 aliphatic carbocycles. The average Bonchev–Trinajstić information content (AvgIpc) is 3.41. The van der Waals surface area contributed by atoms with Crippen LogP contribution in [0.4, 0.5) is 17.1 Å². The maximum Gasteiger partial charge on any atom is 0.0468 e. The second-order valence-electron chi connectivity index (χ2n) is 13.8. The van der Waals surface area contributed by atoms with E-state index in [1.54, 1.807) is 0 Å². The van der Waals surface area contributed by atoms with Crippen LogP contribution in [0.3, 0.4) is 0 Å². The zero-order valence-electron chi connectivity index (χ0n) is 28.3. The summed E-state index contributed by atoms with van der Waals surface area (Å²) >= 11 is 0. The number of rotatable bonds is 6. The van der Waals surface area contributed by atoms with Gasteiger partial charge >= 0.3 is 0 Å². The third kappa shape index (κ3) is 5.02. The highest BCUT2D eigenvalue weighted by molar-refractivity contribution is 5.97. The van der Waals surface area contributed by atoms with Crippen molar-refractivity contribution in [3.63, 3.8) is 0 Å². The van der Waals surface area contributed by atoms with Crippen LogP contribution in [-0.4, -0.2) is 0 Å². The van der Waals surface area contributed by atoms with E-state index in [1.165, 1.54) is 66.4 Å². The fraction of sp³-hybridized carbons (Fsp3) is 0.0612. The molecule has 0 saturated carbocycles. The number of hydrogen-bond acceptors (Lipinski definition) is 1. The molecule has 0 spiro atoms. The maximum atomic E-state index is 2.42. The van der Waals surface area contributed by atoms with Gasteiger partial charge in [-0.15, -0.1) is 0 Å². The minimum absolute atomic E-state index is 0.0990. The normalized spacial score (nSPS) is 12.8. The van der Waals surface area contributed by atoms with Crippen molar-refractivity contribution in [1.29, 1.82) is 0 Å². The van der Waals surface area contributed by atoms with E-state index in [0.29, 0.717) is 0 Å². The Morgan fingerprint density at radius 3 is 1.62 bits per heavy atom. The molecule has 1 heteroatoms. The van der Waals surface area contributed by atoms with Crippen molar-refractivity contribution in [3.8, 4) is 44.5 Å². The average molecular weight is 640 g/mol. The zero-order valence-corrected chi connectivity index (χ0v) is 28.3. The Balaban J connectivity index is 1.23. The Kier molecular flexibility index (Phi) is 7.21. The molecule has 0 N–H and O–H groups in total. The number of anilines is 3. The van der Waals surface area contributed by atoms with E-state index in [1.807, 2.05) is 0 Å². The molecule has 0 fully saturated rings. The van der Waals surface area contributed by atoms with E-state index < -0.39 is 0 Å². The lowest BCUT2D eigenvalue weighted by Gasteiger charge is -2.29. The standard InChI is InChI=1S/C49H37N/c1-49(2)47-23-12-11-21-44(47)45-31-29-40(33-48(45)49)50(38-26-24-37(25-27-38)42-22-13-19-35-18-9-10-20-41(35)42)39-28-30-43(34-14-5-3-6-15-34)46(32-39)36-16-7-4-8-17-36/h3-33H,1-2H3. The summed E-state index contributed by atoms with van der Waals surface area (Å²) in [5.41, 5.74) is 16.0. The van der Waals surface area contributed by atoms with Gasteiger partial charge in [0.05, 0.1) is 0 Å². The zero-order chi connectivity index (χ0) is 33.7. The molecule has 0 bridgehead atoms. The van der Waals surface area contributed by atoms with Gasteiger partial charge in [0.15, 0.2) is 0 Å². The topological polar surface area (TPSA) is 3.24 Å². The van der Waals surface area contributed by atoms with Gasteiger partial charge in [-0.05, 0) is 103 Å². The van der Waals surface area contributed by atoms with Crippen molar-refractivity contribution >= 4 is 27.8 Å². The molecule has 0 unspecified atom stereocenters. The molecule has 8 aromatic carbocycles. The first-order chi connectivity index (χ1) is 24.6. The van der Waals surface area contributed by atoms with E-state index >= 15 is 0 Å². The summed E-state index contributed by atoms with van der Waals surface area (Å²) in [7, 11) is 0. The predicted molar refractivity (Wildman–Crippen MR) is 213 cm³/mol. The van der Waals surface area contributed by atoms with Crippen LogP contribution in [-0.2, 0) is 5.41 Å². The number of benzene rings is 8. The molecule has 1 nitrogen and oxygen atoms in total. The molecule has 0 heterocycles. The highest BCUT2D eigenvalue weighted by Gasteiger charge is 2.35. The minimum Gasteiger partial charge on any atom is -0.310 e. The van der Waals surface area contributed by atoms with Gasteiger partial charge in [0.2, 0.25) is 0 Å². The first-order valence-corrected chi connectivity index (χ1v) is 17.4. The minimum atomic E-state index is -0.0990. The van der Waals surface area contributed by atoms with Crippen LogP contribution < -0.4 is 4.90 Å². The Hall–Kier alpha value is -6.18. The monoisotopic (exact) mass is 639 g/mol. The quantitative estimate of drug-likeness (QED) is 0.175. The lowest BCUT2D eigenvalue weighted by atomic mass is 9.82. The maximum absolute atomic E-state index is 2.42. The van der Waals surface area contributed by atoms with Crippen LogP contribution in [0.2, 0.25) is 0 Å². The lowest BCUT2D eigenvalue weighted by molar-refractivity contribution is 0.660. The molecule has 1 aliphatic rings. The van der Waals surface area contributed by atoms with Crippen LogP contribution in [0.5, 0.6) is 0 Å². The molecule has 0 aliphatic heterocycles. The Labute approximate surface area is 294 Å². The SMILES string of the molecule is CC1(C)c2ccccc2-c2ccc(N(c3ccc(-c4cccc5ccccc45)cc3)c3ccc(-c4ccccc4)c(-c4ccccc4)c3)cc21. The third-order valence-corrected chi connectivity index (χ3v) is 10.5. The van der Waals surface area contributed by atoms with Crippen LogP contribution in [0.25, 0.3) is 55.3 Å². The molecule has 9 rings (SSSR count). The summed E-state index contributed by atoms with van der Waals surface area (Å²) in [6.45, 7) is 4.71. The van der Waals surface area contributed by atoms with Gasteiger partial charge in [-0.1, -0.05) is 166 Å². The van der Waals surface area contributed by atoms with Crippen LogP contribution in [0.15, 0.2) is 188 Å². The van der Waals surface area contributed by atoms with Gasteiger partial charge in [0.1, 0.15) is 0 Å². The molecule has 238 valence electrons. The molecule has 0 saturated heterocycles. The van der Waals surface area contributed by atoms with Gasteiger partial charge in [-0.25, -0.2) is 0 Å². The van der Waals surface area contributed by atoms with Crippen molar-refractivity contribution in [2.45, 2.75) is 19.3 Å². The summed E-state index contributed by atoms with van der Waals surface area (Å²) in [5, 5.41) is 2.52. The van der Waals surface area contributed by atoms with E-state index in [4.69, 9.17) is 0 Å². The summed E-state index contributed by atoms with van der Waals surface area (Å²) in [5.74, 6) is 0. The Morgan fingerprint density at radius 1 is 0.340 bits per heavy atom. The molecular formula is C49H37N. The number of nitrogens with zero attached hydrogens (tertiary/aromatic N) is 1. The van der Waals surface area contributed by atoms with Crippen LogP contribution in [0.1, 0.15) is 25.0 Å². The molecule has 0 atom stereocenters. The van der Waals surface area contributed by atoms with Gasteiger partial charge in [0.25, 0.3) is 0 Å². The lowest BCUT2D eigenvalue weighted by Crippen LogP contribution is -2.16. The van der Waals surface area contributed by atoms with Crippen LogP contribution in [0, 0.1) is 0 Å². The predicted octanol–water partition coefficient (Wildman–Crippen LogP) is 13.6. The van der Waals surface area contributed by atoms with Crippen molar-refractivity contribution in [2.75, 3.05) is 4.90 Å². The van der Waals surface area contributed by atoms with Crippen molar-refractivity contribution in [1.82, 2.24) is 0 Å². The van der Waals surface area contributed by atoms with Gasteiger partial charge in [0, 0.05) is 22.5 Å². The summed E-state index contributed by atoms with van der Waals surface area (Å²) in [4.78, 5) is 2.42. The van der Waals surface area contributed by atoms with E-state index in [2.05, 4.69) is 207 Å². The highest BCUT2D eigenvalue weighted by Crippen LogP contribution is 2.51. The van der Waals surface area contributed by atoms with Gasteiger partial charge in [-0.2, -0.15) is 0 Å². The summed E-state index contributed by atoms with van der Waals surface area (Å²) < 4.78 is 0. The molecular weight excluding hydrogens is 603 g/mol. The van der Waals surface area contributed by atoms with Gasteiger partial charge < -0.3 is 4.90 Å². The van der Waals surface area contributed by atoms with Crippen LogP contribution >= 0.6 is 0 Å². The Bertz CT molecular complexity index is 2490. The second-order valence-corrected chi connectivity index (χ2v) is 13.8. The molecule has 50 heavy (non-hydrogen) atoms. The third-order valence-electron chi connectivity index (χ3n) is 10.5. The van der Waals surface area contributed by atoms with Crippen molar-refractivity contribution < 1.29 is 0 Å². The number of fused-ring (bicyclic) bond motifs is 4. The summed E-state index contributed by atoms with van der Waals surface area (Å²) in [6.07, 6.45) is 0. The number of hydrogen-bond donors (Lipinski definition) is 0. The van der Waals surface area contributed by atoms with Crippen molar-refractivity contribution in [2.24, 2.45) is 0 Å². The smallest absolute Gasteiger partial charge is 0.0468 e. The summed E-state index contributed by atoms with van der Waals surface area (Å²) in [6, 6.07) is 68.6. The van der Waals surface area contributed by atoms with E-state index in [0.717, 1.165) is 17.1 Å². The second kappa shape index (κ2) is 12.1. The largest absolute Gasteiger partial charge is 0.310 e. The fourth-order valence-electron chi connectivity index (χ4n) is 7.94. The molecule has 0 radical (unpaired) electrons. The van der Waals surface area contributed by atoms with Gasteiger partial charge in [-0.3, -0.25) is 0 Å². The molecule has 0 aromatic heterocycles. The Morgan fingerprint density at radius 2 is 0.860 bits per heavy atom. The fourth-order valence-corrected chi connectivity index (χ4v) is 7.94. The first-order valence-electron chi connectivity index (χ1n) is 17.4. The first kappa shape index (κ1) is 29.9. The molecule has 0 amide bonds. The van der Waals surface area contributed by atoms with E-state index in [9.17, 15) is 0 Å². The van der Waals surface area contributed by atoms with E-state index in [-0.39, 0.29) is 5.41 Å².